The van der Waals surface area contributed by atoms with Crippen LogP contribution in [0.5, 0.6) is 0 Å². The molecule has 0 saturated carbocycles. The van der Waals surface area contributed by atoms with E-state index in [1.807, 2.05) is 0 Å². The molecule has 5 nitrogen and oxygen atoms in total. The molecule has 0 fully saturated rings. The molecule has 1 aromatic rings. The smallest absolute Gasteiger partial charge is 0.328 e. The van der Waals surface area contributed by atoms with Gasteiger partial charge in [-0.15, -0.1) is 0 Å². The van der Waals surface area contributed by atoms with Crippen molar-refractivity contribution in [1.29, 1.82) is 0 Å². The Bertz CT molecular complexity index is 447. The molecule has 0 aliphatic rings. The van der Waals surface area contributed by atoms with E-state index in [0.717, 1.165) is 5.56 Å². The van der Waals surface area contributed by atoms with E-state index >= 15 is 0 Å². The van der Waals surface area contributed by atoms with Crippen LogP contribution in [-0.2, 0) is 4.79 Å². The van der Waals surface area contributed by atoms with Crippen molar-refractivity contribution in [2.75, 3.05) is 6.61 Å². The summed E-state index contributed by atoms with van der Waals surface area (Å²) in [6.45, 7) is 1.08. The van der Waals surface area contributed by atoms with Crippen LogP contribution in [0.2, 0.25) is 5.02 Å². The molecule has 1 rings (SSSR count). The number of benzene rings is 1. The predicted octanol–water partition coefficient (Wildman–Crippen LogP) is 0.824. The van der Waals surface area contributed by atoms with Gasteiger partial charge in [-0.25, -0.2) is 4.79 Å². The first-order valence-electron chi connectivity index (χ1n) is 4.86. The Morgan fingerprint density at radius 3 is 2.59 bits per heavy atom. The molecular weight excluding hydrogens is 246 g/mol. The van der Waals surface area contributed by atoms with Crippen LogP contribution < -0.4 is 5.32 Å². The first kappa shape index (κ1) is 13.5. The van der Waals surface area contributed by atoms with E-state index in [-0.39, 0.29) is 0 Å². The predicted molar refractivity (Wildman–Crippen MR) is 62.2 cm³/mol. The fourth-order valence-electron chi connectivity index (χ4n) is 1.21. The number of hydrogen-bond donors (Lipinski definition) is 3. The van der Waals surface area contributed by atoms with E-state index in [1.54, 1.807) is 19.1 Å². The molecule has 0 aliphatic heterocycles. The number of carbonyl (C=O) groups is 2. The average Bonchev–Trinajstić information content (AvgIpc) is 2.28. The zero-order chi connectivity index (χ0) is 13.0. The number of nitrogens with one attached hydrogen (secondary N) is 1. The maximum Gasteiger partial charge on any atom is 0.328 e. The number of carboxylic acid groups (broad SMARTS) is 1. The number of rotatable bonds is 4. The molecule has 0 saturated heterocycles. The molecule has 1 atom stereocenters. The van der Waals surface area contributed by atoms with Gasteiger partial charge < -0.3 is 15.5 Å². The lowest BCUT2D eigenvalue weighted by Crippen LogP contribution is -2.43. The lowest BCUT2D eigenvalue weighted by molar-refractivity contribution is -0.140. The Morgan fingerprint density at radius 1 is 1.47 bits per heavy atom. The van der Waals surface area contributed by atoms with E-state index in [0.29, 0.717) is 10.6 Å². The zero-order valence-corrected chi connectivity index (χ0v) is 9.86. The van der Waals surface area contributed by atoms with E-state index in [4.69, 9.17) is 21.8 Å². The minimum Gasteiger partial charge on any atom is -0.480 e. The van der Waals surface area contributed by atoms with Crippen molar-refractivity contribution in [3.05, 3.63) is 34.3 Å². The summed E-state index contributed by atoms with van der Waals surface area (Å²) in [5, 5.41) is 20.2. The molecule has 6 heteroatoms. The third kappa shape index (κ3) is 3.44. The zero-order valence-electron chi connectivity index (χ0n) is 9.11. The van der Waals surface area contributed by atoms with Crippen LogP contribution in [0.1, 0.15) is 15.9 Å². The first-order chi connectivity index (χ1) is 7.95. The van der Waals surface area contributed by atoms with E-state index in [1.165, 1.54) is 6.07 Å². The Labute approximate surface area is 103 Å². The fourth-order valence-corrected chi connectivity index (χ4v) is 1.33. The SMILES string of the molecule is Cc1cc(C(=O)N[C@H](CO)C(=O)O)ccc1Cl. The van der Waals surface area contributed by atoms with Crippen molar-refractivity contribution < 1.29 is 19.8 Å². The summed E-state index contributed by atoms with van der Waals surface area (Å²) in [6.07, 6.45) is 0. The summed E-state index contributed by atoms with van der Waals surface area (Å²) in [5.41, 5.74) is 1.02. The van der Waals surface area contributed by atoms with Gasteiger partial charge in [0.25, 0.3) is 5.91 Å². The lowest BCUT2D eigenvalue weighted by Gasteiger charge is -2.12. The number of halogens is 1. The number of amides is 1. The van der Waals surface area contributed by atoms with Crippen LogP contribution in [0.4, 0.5) is 0 Å². The quantitative estimate of drug-likeness (QED) is 0.745. The first-order valence-corrected chi connectivity index (χ1v) is 5.24. The van der Waals surface area contributed by atoms with Crippen molar-refractivity contribution in [2.24, 2.45) is 0 Å². The van der Waals surface area contributed by atoms with E-state index in [9.17, 15) is 9.59 Å². The molecule has 3 N–H and O–H groups in total. The van der Waals surface area contributed by atoms with Crippen LogP contribution >= 0.6 is 11.6 Å². The fraction of sp³-hybridized carbons (Fsp3) is 0.273. The number of hydrogen-bond acceptors (Lipinski definition) is 3. The molecule has 1 aromatic carbocycles. The summed E-state index contributed by atoms with van der Waals surface area (Å²) < 4.78 is 0. The Kier molecular flexibility index (Phi) is 4.48. The highest BCUT2D eigenvalue weighted by Gasteiger charge is 2.19. The summed E-state index contributed by atoms with van der Waals surface area (Å²) in [7, 11) is 0. The number of carbonyl (C=O) groups excluding carboxylic acids is 1. The minimum absolute atomic E-state index is 0.298. The van der Waals surface area contributed by atoms with Crippen molar-refractivity contribution in [3.8, 4) is 0 Å². The van der Waals surface area contributed by atoms with E-state index < -0.39 is 24.5 Å². The van der Waals surface area contributed by atoms with Gasteiger partial charge in [-0.2, -0.15) is 0 Å². The molecule has 92 valence electrons. The minimum atomic E-state index is -1.31. The second-order valence-electron chi connectivity index (χ2n) is 3.51. The maximum absolute atomic E-state index is 11.7. The second kappa shape index (κ2) is 5.65. The monoisotopic (exact) mass is 257 g/mol. The molecule has 17 heavy (non-hydrogen) atoms. The summed E-state index contributed by atoms with van der Waals surface area (Å²) in [6, 6.07) is 3.29. The van der Waals surface area contributed by atoms with Gasteiger partial charge in [0.05, 0.1) is 6.61 Å². The highest BCUT2D eigenvalue weighted by molar-refractivity contribution is 6.31. The number of aliphatic hydroxyl groups is 1. The number of aryl methyl sites for hydroxylation is 1. The third-order valence-electron chi connectivity index (χ3n) is 2.21. The van der Waals surface area contributed by atoms with Crippen molar-refractivity contribution in [1.82, 2.24) is 5.32 Å². The molecule has 0 radical (unpaired) electrons. The van der Waals surface area contributed by atoms with Gasteiger partial charge in [-0.3, -0.25) is 4.79 Å². The number of aliphatic carboxylic acids is 1. The molecule has 1 amide bonds. The van der Waals surface area contributed by atoms with Crippen LogP contribution in [0.15, 0.2) is 18.2 Å². The largest absolute Gasteiger partial charge is 0.480 e. The summed E-state index contributed by atoms with van der Waals surface area (Å²) in [5.74, 6) is -1.85. The number of carboxylic acids is 1. The van der Waals surface area contributed by atoms with Crippen molar-refractivity contribution >= 4 is 23.5 Å². The second-order valence-corrected chi connectivity index (χ2v) is 3.92. The molecule has 0 bridgehead atoms. The highest BCUT2D eigenvalue weighted by atomic mass is 35.5. The Balaban J connectivity index is 2.82. The number of aliphatic hydroxyl groups excluding tert-OH is 1. The van der Waals surface area contributed by atoms with Crippen LogP contribution in [0.3, 0.4) is 0 Å². The molecule has 0 spiro atoms. The molecule has 0 aliphatic carbocycles. The van der Waals surface area contributed by atoms with Crippen LogP contribution in [-0.4, -0.2) is 34.7 Å². The van der Waals surface area contributed by atoms with Gasteiger partial charge in [-0.1, -0.05) is 11.6 Å². The summed E-state index contributed by atoms with van der Waals surface area (Å²) in [4.78, 5) is 22.3. The molecular formula is C11H12ClNO4. The lowest BCUT2D eigenvalue weighted by atomic mass is 10.1. The van der Waals surface area contributed by atoms with Gasteiger partial charge >= 0.3 is 5.97 Å². The third-order valence-corrected chi connectivity index (χ3v) is 2.63. The topological polar surface area (TPSA) is 86.6 Å². The van der Waals surface area contributed by atoms with Gasteiger partial charge in [0.1, 0.15) is 0 Å². The Morgan fingerprint density at radius 2 is 2.12 bits per heavy atom. The van der Waals surface area contributed by atoms with Crippen LogP contribution in [0, 0.1) is 6.92 Å². The van der Waals surface area contributed by atoms with Crippen LogP contribution in [0.25, 0.3) is 0 Å². The average molecular weight is 258 g/mol. The summed E-state index contributed by atoms with van der Waals surface area (Å²) >= 11 is 5.80. The standard InChI is InChI=1S/C11H12ClNO4/c1-6-4-7(2-3-8(6)12)10(15)13-9(5-14)11(16)17/h2-4,9,14H,5H2,1H3,(H,13,15)(H,16,17)/t9-/m1/s1. The maximum atomic E-state index is 11.7. The van der Waals surface area contributed by atoms with E-state index in [2.05, 4.69) is 5.32 Å². The van der Waals surface area contributed by atoms with Crippen molar-refractivity contribution in [3.63, 3.8) is 0 Å². The molecule has 0 heterocycles. The highest BCUT2D eigenvalue weighted by Crippen LogP contribution is 2.16. The molecule has 0 unspecified atom stereocenters. The van der Waals surface area contributed by atoms with Gasteiger partial charge in [-0.05, 0) is 30.7 Å². The normalized spacial score (nSPS) is 11.9. The Hall–Kier alpha value is -1.59. The van der Waals surface area contributed by atoms with Gasteiger partial charge in [0.15, 0.2) is 6.04 Å². The van der Waals surface area contributed by atoms with Gasteiger partial charge in [0.2, 0.25) is 0 Å². The van der Waals surface area contributed by atoms with Gasteiger partial charge in [0, 0.05) is 10.6 Å². The van der Waals surface area contributed by atoms with Crippen molar-refractivity contribution in [2.45, 2.75) is 13.0 Å². The molecule has 0 aromatic heterocycles.